The van der Waals surface area contributed by atoms with E-state index in [1.807, 2.05) is 0 Å². The minimum atomic E-state index is 0. The molecule has 0 fully saturated rings. The predicted octanol–water partition coefficient (Wildman–Crippen LogP) is -5.68. The van der Waals surface area contributed by atoms with E-state index in [-0.39, 0.29) is 50.9 Å². The van der Waals surface area contributed by atoms with Crippen molar-refractivity contribution in [3.63, 3.8) is 0 Å². The first-order valence-corrected chi connectivity index (χ1v) is 6.84. The molecule has 0 aromatic heterocycles. The maximum absolute atomic E-state index is 2.27. The van der Waals surface area contributed by atoms with E-state index in [9.17, 15) is 0 Å². The van der Waals surface area contributed by atoms with Crippen molar-refractivity contribution in [3.8, 4) is 11.1 Å². The van der Waals surface area contributed by atoms with Gasteiger partial charge in [-0.25, -0.2) is 0 Å². The van der Waals surface area contributed by atoms with Crippen LogP contribution in [0.2, 0.25) is 0 Å². The van der Waals surface area contributed by atoms with E-state index in [1.54, 1.807) is 0 Å². The van der Waals surface area contributed by atoms with Gasteiger partial charge in [0.05, 0.1) is 0 Å². The topological polar surface area (TPSA) is 0 Å². The zero-order chi connectivity index (χ0) is 9.54. The molecule has 0 aliphatic heterocycles. The Morgan fingerprint density at radius 2 is 1.00 bits per heavy atom. The second kappa shape index (κ2) is 7.37. The molecule has 0 N–H and O–H groups in total. The first-order chi connectivity index (χ1) is 6.88. The van der Waals surface area contributed by atoms with Crippen molar-refractivity contribution in [2.45, 2.75) is 3.67 Å². The van der Waals surface area contributed by atoms with Gasteiger partial charge in [0, 0.05) is 0 Å². The molecule has 4 heteroatoms. The fraction of sp³-hybridized carbons (Fsp3) is 0.0769. The Kier molecular flexibility index (Phi) is 7.69. The number of fused-ring (bicyclic) bond motifs is 3. The summed E-state index contributed by atoms with van der Waals surface area (Å²) in [5.74, 6) is 0. The van der Waals surface area contributed by atoms with E-state index in [0.29, 0.717) is 3.67 Å². The SMILES string of the molecule is [Br-].[Br-].[Br-].[Hf+3][CH]1c2ccccc2-c2ccccc21. The number of hydrogen-bond acceptors (Lipinski definition) is 0. The Morgan fingerprint density at radius 1 is 0.647 bits per heavy atom. The molecule has 0 unspecified atom stereocenters. The van der Waals surface area contributed by atoms with E-state index in [1.165, 1.54) is 46.6 Å². The van der Waals surface area contributed by atoms with Crippen LogP contribution < -0.4 is 50.9 Å². The van der Waals surface area contributed by atoms with Gasteiger partial charge in [0.15, 0.2) is 0 Å². The third-order valence-corrected chi connectivity index (χ3v) is 5.07. The molecule has 2 aromatic carbocycles. The van der Waals surface area contributed by atoms with Crippen LogP contribution in [0.15, 0.2) is 48.5 Å². The molecular formula is C13H9Br3Hf. The molecule has 0 bridgehead atoms. The van der Waals surface area contributed by atoms with Crippen LogP contribution in [0.5, 0.6) is 0 Å². The van der Waals surface area contributed by atoms with Crippen molar-refractivity contribution < 1.29 is 75.3 Å². The average Bonchev–Trinajstić information content (AvgIpc) is 2.55. The van der Waals surface area contributed by atoms with Crippen molar-refractivity contribution in [1.29, 1.82) is 0 Å². The molecule has 0 nitrogen and oxygen atoms in total. The molecule has 1 aliphatic rings. The van der Waals surface area contributed by atoms with Crippen molar-refractivity contribution in [1.82, 2.24) is 0 Å². The fourth-order valence-electron chi connectivity index (χ4n) is 2.16. The van der Waals surface area contributed by atoms with E-state index in [0.717, 1.165) is 0 Å². The van der Waals surface area contributed by atoms with Crippen molar-refractivity contribution in [2.75, 3.05) is 0 Å². The Balaban J connectivity index is 0.000000853. The number of rotatable bonds is 0. The minimum absolute atomic E-state index is 0. The predicted molar refractivity (Wildman–Crippen MR) is 53.7 cm³/mol. The molecule has 86 valence electrons. The molecule has 17 heavy (non-hydrogen) atoms. The molecule has 3 rings (SSSR count). The average molecular weight is 583 g/mol. The van der Waals surface area contributed by atoms with Crippen LogP contribution in [0.4, 0.5) is 0 Å². The molecule has 0 radical (unpaired) electrons. The number of benzene rings is 2. The van der Waals surface area contributed by atoms with Gasteiger partial charge in [-0.3, -0.25) is 0 Å². The molecular weight excluding hydrogens is 574 g/mol. The van der Waals surface area contributed by atoms with Gasteiger partial charge in [-0.1, -0.05) is 0 Å². The summed E-state index contributed by atoms with van der Waals surface area (Å²) in [6.07, 6.45) is 0. The molecule has 0 amide bonds. The van der Waals surface area contributed by atoms with Gasteiger partial charge in [-0.15, -0.1) is 0 Å². The first kappa shape index (κ1) is 17.8. The van der Waals surface area contributed by atoms with Gasteiger partial charge < -0.3 is 50.9 Å². The molecule has 2 aromatic rings. The quantitative estimate of drug-likeness (QED) is 0.272. The van der Waals surface area contributed by atoms with Crippen LogP contribution in [-0.2, 0) is 24.4 Å². The molecule has 1 aliphatic carbocycles. The van der Waals surface area contributed by atoms with Crippen molar-refractivity contribution >= 4 is 0 Å². The fourth-order valence-corrected chi connectivity index (χ4v) is 3.96. The Labute approximate surface area is 148 Å². The van der Waals surface area contributed by atoms with Gasteiger partial charge in [0.25, 0.3) is 0 Å². The maximum atomic E-state index is 2.27. The van der Waals surface area contributed by atoms with Crippen LogP contribution >= 0.6 is 0 Å². The van der Waals surface area contributed by atoms with Crippen molar-refractivity contribution in [2.24, 2.45) is 0 Å². The van der Waals surface area contributed by atoms with Crippen molar-refractivity contribution in [3.05, 3.63) is 59.7 Å². The third kappa shape index (κ3) is 3.02. The molecule has 0 atom stereocenters. The standard InChI is InChI=1S/C13H9.3BrH.Hf/c1-3-7-12-10(5-1)9-11-6-2-4-8-13(11)12;;;;/h1-9H;3*1H;/q;;;;+3/p-3. The second-order valence-electron chi connectivity index (χ2n) is 3.61. The van der Waals surface area contributed by atoms with Gasteiger partial charge in [0.1, 0.15) is 0 Å². The summed E-state index contributed by atoms with van der Waals surface area (Å²) in [5.41, 5.74) is 5.95. The Hall–Kier alpha value is 0.750. The monoisotopic (exact) mass is 582 g/mol. The van der Waals surface area contributed by atoms with Crippen LogP contribution in [0.1, 0.15) is 14.8 Å². The van der Waals surface area contributed by atoms with Crippen LogP contribution in [0, 0.1) is 0 Å². The summed E-state index contributed by atoms with van der Waals surface area (Å²) >= 11 is 1.21. The third-order valence-electron chi connectivity index (χ3n) is 2.83. The zero-order valence-electron chi connectivity index (χ0n) is 8.83. The van der Waals surface area contributed by atoms with Crippen LogP contribution in [0.3, 0.4) is 0 Å². The van der Waals surface area contributed by atoms with Gasteiger partial charge >= 0.3 is 98.8 Å². The van der Waals surface area contributed by atoms with E-state index in [2.05, 4.69) is 48.5 Å². The number of hydrogen-bond donors (Lipinski definition) is 0. The summed E-state index contributed by atoms with van der Waals surface area (Å²) in [5, 5.41) is 0. The second-order valence-corrected chi connectivity index (χ2v) is 5.68. The van der Waals surface area contributed by atoms with Crippen LogP contribution in [-0.4, -0.2) is 0 Å². The molecule has 0 saturated carbocycles. The van der Waals surface area contributed by atoms with E-state index < -0.39 is 0 Å². The Bertz CT molecular complexity index is 454. The molecule has 0 saturated heterocycles. The molecule has 0 spiro atoms. The number of halogens is 3. The summed E-state index contributed by atoms with van der Waals surface area (Å²) in [7, 11) is 0. The summed E-state index contributed by atoms with van der Waals surface area (Å²) in [6, 6.07) is 17.6. The van der Waals surface area contributed by atoms with E-state index >= 15 is 0 Å². The summed E-state index contributed by atoms with van der Waals surface area (Å²) in [4.78, 5) is 0. The Morgan fingerprint density at radius 3 is 1.41 bits per heavy atom. The van der Waals surface area contributed by atoms with Gasteiger partial charge in [0.2, 0.25) is 0 Å². The summed E-state index contributed by atoms with van der Waals surface area (Å²) in [6.45, 7) is 0. The van der Waals surface area contributed by atoms with Gasteiger partial charge in [-0.05, 0) is 0 Å². The van der Waals surface area contributed by atoms with Crippen LogP contribution in [0.25, 0.3) is 11.1 Å². The van der Waals surface area contributed by atoms with E-state index in [4.69, 9.17) is 0 Å². The first-order valence-electron chi connectivity index (χ1n) is 4.77. The van der Waals surface area contributed by atoms with Gasteiger partial charge in [-0.2, -0.15) is 0 Å². The molecule has 0 heterocycles. The zero-order valence-corrected chi connectivity index (χ0v) is 17.2. The summed E-state index contributed by atoms with van der Waals surface area (Å²) < 4.78 is 0.697. The normalized spacial score (nSPS) is 11.4.